The van der Waals surface area contributed by atoms with Gasteiger partial charge in [0.25, 0.3) is 0 Å². The van der Waals surface area contributed by atoms with E-state index < -0.39 is 0 Å². The fourth-order valence-electron chi connectivity index (χ4n) is 11.4. The van der Waals surface area contributed by atoms with Crippen LogP contribution in [0.15, 0.2) is 267 Å². The van der Waals surface area contributed by atoms with Crippen LogP contribution in [0.1, 0.15) is 0 Å². The lowest BCUT2D eigenvalue weighted by molar-refractivity contribution is 0.627. The predicted octanol–water partition coefficient (Wildman–Crippen LogP) is 19.1. The molecule has 0 amide bonds. The number of aromatic nitrogens is 2. The number of para-hydroxylation sites is 4. The smallest absolute Gasteiger partial charge is 0.123 e. The summed E-state index contributed by atoms with van der Waals surface area (Å²) in [5, 5.41) is 9.01. The number of rotatable bonds is 9. The Morgan fingerprint density at radius 3 is 1.08 bits per heavy atom. The second-order valence-corrected chi connectivity index (χ2v) is 18.8. The van der Waals surface area contributed by atoms with E-state index in [2.05, 4.69) is 237 Å². The van der Waals surface area contributed by atoms with E-state index in [9.17, 15) is 8.78 Å². The second kappa shape index (κ2) is 17.5. The van der Waals surface area contributed by atoms with Crippen molar-refractivity contribution in [3.8, 4) is 22.5 Å². The summed E-state index contributed by atoms with van der Waals surface area (Å²) in [5.41, 5.74) is 14.6. The van der Waals surface area contributed by atoms with Crippen LogP contribution in [0.5, 0.6) is 0 Å². The summed E-state index contributed by atoms with van der Waals surface area (Å²) in [6.07, 6.45) is 0. The van der Waals surface area contributed by atoms with E-state index in [-0.39, 0.29) is 11.6 Å². The first-order valence-corrected chi connectivity index (χ1v) is 24.9. The molecule has 0 aliphatic rings. The van der Waals surface area contributed by atoms with Crippen LogP contribution in [-0.2, 0) is 0 Å². The van der Waals surface area contributed by atoms with E-state index in [0.717, 1.165) is 116 Å². The van der Waals surface area contributed by atoms with Gasteiger partial charge in [-0.3, -0.25) is 0 Å². The largest absolute Gasteiger partial charge is 0.310 e. The lowest BCUT2D eigenvalue weighted by Crippen LogP contribution is -2.11. The third-order valence-electron chi connectivity index (χ3n) is 14.6. The number of fused-ring (bicyclic) bond motifs is 8. The fourth-order valence-corrected chi connectivity index (χ4v) is 11.4. The van der Waals surface area contributed by atoms with E-state index >= 15 is 0 Å². The molecule has 74 heavy (non-hydrogen) atoms. The highest BCUT2D eigenvalue weighted by Gasteiger charge is 2.24. The first kappa shape index (κ1) is 43.0. The zero-order chi connectivity index (χ0) is 49.3. The summed E-state index contributed by atoms with van der Waals surface area (Å²) in [5.74, 6) is -0.519. The van der Waals surface area contributed by atoms with Gasteiger partial charge in [-0.05, 0) is 155 Å². The van der Waals surface area contributed by atoms with E-state index in [4.69, 9.17) is 0 Å². The Morgan fingerprint density at radius 2 is 0.608 bits per heavy atom. The topological polar surface area (TPSA) is 16.3 Å². The van der Waals surface area contributed by atoms with E-state index in [1.807, 2.05) is 24.3 Å². The predicted molar refractivity (Wildman–Crippen MR) is 305 cm³/mol. The summed E-state index contributed by atoms with van der Waals surface area (Å²) in [7, 11) is 0. The average Bonchev–Trinajstić information content (AvgIpc) is 4.01. The van der Waals surface area contributed by atoms with Gasteiger partial charge < -0.3 is 18.9 Å². The molecule has 12 aromatic carbocycles. The molecule has 0 unspecified atom stereocenters. The fraction of sp³-hybridized carbons (Fsp3) is 0. The molecule has 0 atom stereocenters. The molecule has 2 heterocycles. The van der Waals surface area contributed by atoms with Crippen LogP contribution in [0.3, 0.4) is 0 Å². The first-order valence-electron chi connectivity index (χ1n) is 24.9. The molecule has 0 radical (unpaired) electrons. The Balaban J connectivity index is 0.925. The molecule has 0 saturated carbocycles. The van der Waals surface area contributed by atoms with Gasteiger partial charge in [-0.15, -0.1) is 0 Å². The molecule has 14 aromatic rings. The van der Waals surface area contributed by atoms with Gasteiger partial charge in [0.2, 0.25) is 0 Å². The maximum Gasteiger partial charge on any atom is 0.123 e. The Morgan fingerprint density at radius 1 is 0.257 bits per heavy atom. The van der Waals surface area contributed by atoms with Gasteiger partial charge in [-0.1, -0.05) is 133 Å². The van der Waals surface area contributed by atoms with Gasteiger partial charge in [0.05, 0.1) is 27.8 Å². The summed E-state index contributed by atoms with van der Waals surface area (Å²) < 4.78 is 32.8. The van der Waals surface area contributed by atoms with Crippen LogP contribution < -0.4 is 9.80 Å². The van der Waals surface area contributed by atoms with Crippen molar-refractivity contribution < 1.29 is 8.78 Å². The van der Waals surface area contributed by atoms with Gasteiger partial charge in [0, 0.05) is 72.1 Å². The maximum absolute atomic E-state index is 14.2. The average molecular weight is 955 g/mol. The number of halogens is 2. The molecule has 0 aliphatic carbocycles. The number of nitrogens with zero attached hydrogens (tertiary/aromatic N) is 4. The molecule has 0 aliphatic heterocycles. The standard InChI is InChI=1S/C68H44F2N4/c69-46-29-35-51(36-30-46)73-63-25-13-11-19-55(63)61-43-53(39-41-65(61)73)71(48-15-3-1-4-16-48)50-33-27-45(28-34-50)67-57-21-7-9-23-59(57)68(60-24-10-8-22-58(60)67)72(49-17-5-2-6-18-49)54-40-42-66-62(44-54)56-20-12-14-26-64(56)74(66)52-37-31-47(70)32-38-52/h1-44H. The molecule has 350 valence electrons. The van der Waals surface area contributed by atoms with Crippen LogP contribution in [0.25, 0.3) is 87.7 Å². The molecular formula is C68H44F2N4. The van der Waals surface area contributed by atoms with Crippen LogP contribution in [-0.4, -0.2) is 9.13 Å². The Bertz CT molecular complexity index is 4370. The van der Waals surface area contributed by atoms with Crippen LogP contribution in [0.4, 0.5) is 42.9 Å². The quantitative estimate of drug-likeness (QED) is 0.134. The van der Waals surface area contributed by atoms with Crippen molar-refractivity contribution in [1.29, 1.82) is 0 Å². The van der Waals surface area contributed by atoms with E-state index in [1.54, 1.807) is 0 Å². The summed E-state index contributed by atoms with van der Waals surface area (Å²) in [6, 6.07) is 91.4. The third kappa shape index (κ3) is 7.02. The monoisotopic (exact) mass is 954 g/mol. The minimum Gasteiger partial charge on any atom is -0.310 e. The van der Waals surface area contributed by atoms with Crippen molar-refractivity contribution in [2.45, 2.75) is 0 Å². The van der Waals surface area contributed by atoms with Crippen LogP contribution >= 0.6 is 0 Å². The van der Waals surface area contributed by atoms with Crippen molar-refractivity contribution in [2.75, 3.05) is 9.80 Å². The van der Waals surface area contributed by atoms with Crippen molar-refractivity contribution in [2.24, 2.45) is 0 Å². The van der Waals surface area contributed by atoms with Gasteiger partial charge in [0.1, 0.15) is 11.6 Å². The molecule has 0 bridgehead atoms. The van der Waals surface area contributed by atoms with Crippen molar-refractivity contribution in [3.05, 3.63) is 279 Å². The first-order chi connectivity index (χ1) is 36.6. The van der Waals surface area contributed by atoms with Gasteiger partial charge in [-0.2, -0.15) is 0 Å². The molecule has 0 fully saturated rings. The third-order valence-corrected chi connectivity index (χ3v) is 14.6. The molecule has 14 rings (SSSR count). The van der Waals surface area contributed by atoms with Crippen molar-refractivity contribution in [1.82, 2.24) is 9.13 Å². The number of anilines is 6. The zero-order valence-electron chi connectivity index (χ0n) is 39.9. The summed E-state index contributed by atoms with van der Waals surface area (Å²) in [6.45, 7) is 0. The minimum atomic E-state index is -0.260. The SMILES string of the molecule is Fc1ccc(-n2c3ccccc3c3cc(N(c4ccccc4)c4ccc(-c5c6ccccc6c(N(c6ccccc6)c6ccc7c(c6)c6ccccc6n7-c6ccc(F)cc6)c6ccccc56)cc4)ccc32)cc1. The van der Waals surface area contributed by atoms with Crippen LogP contribution in [0.2, 0.25) is 0 Å². The molecule has 2 aromatic heterocycles. The lowest BCUT2D eigenvalue weighted by Gasteiger charge is -2.30. The highest BCUT2D eigenvalue weighted by Crippen LogP contribution is 2.50. The number of hydrogen-bond donors (Lipinski definition) is 0. The molecule has 0 saturated heterocycles. The van der Waals surface area contributed by atoms with E-state index in [0.29, 0.717) is 0 Å². The second-order valence-electron chi connectivity index (χ2n) is 18.8. The highest BCUT2D eigenvalue weighted by molar-refractivity contribution is 6.23. The van der Waals surface area contributed by atoms with Crippen LogP contribution in [0, 0.1) is 11.6 Å². The van der Waals surface area contributed by atoms with Gasteiger partial charge in [-0.25, -0.2) is 8.78 Å². The lowest BCUT2D eigenvalue weighted by atomic mass is 9.89. The van der Waals surface area contributed by atoms with Crippen molar-refractivity contribution in [3.63, 3.8) is 0 Å². The molecular weight excluding hydrogens is 911 g/mol. The summed E-state index contributed by atoms with van der Waals surface area (Å²) >= 11 is 0. The molecule has 0 N–H and O–H groups in total. The zero-order valence-corrected chi connectivity index (χ0v) is 39.9. The number of hydrogen-bond acceptors (Lipinski definition) is 2. The molecule has 0 spiro atoms. The summed E-state index contributed by atoms with van der Waals surface area (Å²) in [4.78, 5) is 4.73. The molecule has 4 nitrogen and oxygen atoms in total. The van der Waals surface area contributed by atoms with Gasteiger partial charge in [0.15, 0.2) is 0 Å². The molecule has 6 heteroatoms. The number of benzene rings is 12. The Labute approximate surface area is 426 Å². The Kier molecular flexibility index (Phi) is 10.2. The minimum absolute atomic E-state index is 0.259. The van der Waals surface area contributed by atoms with Gasteiger partial charge >= 0.3 is 0 Å². The highest BCUT2D eigenvalue weighted by atomic mass is 19.1. The normalized spacial score (nSPS) is 11.6. The van der Waals surface area contributed by atoms with Crippen molar-refractivity contribution >= 4 is 99.3 Å². The maximum atomic E-state index is 14.2. The van der Waals surface area contributed by atoms with E-state index in [1.165, 1.54) is 29.8 Å². The Hall–Kier alpha value is -9.78.